The Bertz CT molecular complexity index is 1250. The number of nitro benzene ring substituents is 1. The van der Waals surface area contributed by atoms with Crippen LogP contribution in [0.3, 0.4) is 0 Å². The molecule has 0 atom stereocenters. The van der Waals surface area contributed by atoms with Gasteiger partial charge >= 0.3 is 0 Å². The topological polar surface area (TPSA) is 147 Å². The first-order chi connectivity index (χ1) is 16.0. The molecule has 0 aliphatic carbocycles. The van der Waals surface area contributed by atoms with Crippen LogP contribution in [0.5, 0.6) is 0 Å². The van der Waals surface area contributed by atoms with Gasteiger partial charge in [0, 0.05) is 30.9 Å². The lowest BCUT2D eigenvalue weighted by Gasteiger charge is -2.22. The third-order valence-electron chi connectivity index (χ3n) is 5.36. The summed E-state index contributed by atoms with van der Waals surface area (Å²) in [6.07, 6.45) is 4.51. The summed E-state index contributed by atoms with van der Waals surface area (Å²) in [5.41, 5.74) is -0.0502. The zero-order valence-corrected chi connectivity index (χ0v) is 20.2. The Balaban J connectivity index is 1.73. The monoisotopic (exact) mass is 510 g/mol. The van der Waals surface area contributed by atoms with Crippen LogP contribution >= 0.6 is 0 Å². The molecule has 0 bridgehead atoms. The molecule has 34 heavy (non-hydrogen) atoms. The molecular weight excluding hydrogens is 484 g/mol. The molecule has 0 unspecified atom stereocenters. The van der Waals surface area contributed by atoms with Crippen molar-refractivity contribution >= 4 is 43.0 Å². The molecule has 13 heteroatoms. The van der Waals surface area contributed by atoms with Crippen LogP contribution < -0.4 is 9.62 Å². The number of sulfonamides is 2. The lowest BCUT2D eigenvalue weighted by molar-refractivity contribution is -0.384. The van der Waals surface area contributed by atoms with Crippen molar-refractivity contribution in [1.82, 2.24) is 4.31 Å². The van der Waals surface area contributed by atoms with E-state index >= 15 is 0 Å². The van der Waals surface area contributed by atoms with Gasteiger partial charge in [-0.15, -0.1) is 0 Å². The molecule has 0 spiro atoms. The first-order valence-electron chi connectivity index (χ1n) is 10.6. The first kappa shape index (κ1) is 25.6. The fraction of sp³-hybridized carbons (Fsp3) is 0.381. The summed E-state index contributed by atoms with van der Waals surface area (Å²) in [5, 5.41) is 13.5. The molecular formula is C21H26N4O7S2. The average Bonchev–Trinajstić information content (AvgIpc) is 3.07. The highest BCUT2D eigenvalue weighted by atomic mass is 32.2. The average molecular weight is 511 g/mol. The third-order valence-corrected chi connectivity index (χ3v) is 8.41. The minimum atomic E-state index is -3.92. The lowest BCUT2D eigenvalue weighted by Crippen LogP contribution is -2.37. The lowest BCUT2D eigenvalue weighted by atomic mass is 10.2. The van der Waals surface area contributed by atoms with E-state index in [-0.39, 0.29) is 22.0 Å². The van der Waals surface area contributed by atoms with Gasteiger partial charge in [0.25, 0.3) is 5.69 Å². The summed E-state index contributed by atoms with van der Waals surface area (Å²) in [7, 11) is -7.56. The number of non-ortho nitro benzene ring substituents is 1. The summed E-state index contributed by atoms with van der Waals surface area (Å²) >= 11 is 0. The Labute approximate surface area is 198 Å². The maximum Gasteiger partial charge on any atom is 0.271 e. The van der Waals surface area contributed by atoms with Crippen LogP contribution in [0.4, 0.5) is 17.1 Å². The maximum atomic E-state index is 12.9. The Hall–Kier alpha value is -3.03. The highest BCUT2D eigenvalue weighted by Crippen LogP contribution is 2.24. The number of benzene rings is 2. The summed E-state index contributed by atoms with van der Waals surface area (Å²) in [4.78, 5) is 23.0. The zero-order chi connectivity index (χ0) is 24.9. The van der Waals surface area contributed by atoms with Crippen molar-refractivity contribution in [1.29, 1.82) is 0 Å². The van der Waals surface area contributed by atoms with Gasteiger partial charge in [0.1, 0.15) is 6.54 Å². The normalized spacial score (nSPS) is 15.3. The minimum absolute atomic E-state index is 0.0225. The Morgan fingerprint density at radius 1 is 1.03 bits per heavy atom. The summed E-state index contributed by atoms with van der Waals surface area (Å²) in [6.45, 7) is 0.327. The van der Waals surface area contributed by atoms with E-state index in [9.17, 15) is 31.7 Å². The Kier molecular flexibility index (Phi) is 7.89. The molecule has 1 heterocycles. The summed E-state index contributed by atoms with van der Waals surface area (Å²) in [6, 6.07) is 10.6. The highest BCUT2D eigenvalue weighted by molar-refractivity contribution is 7.92. The second-order valence-electron chi connectivity index (χ2n) is 7.94. The third kappa shape index (κ3) is 6.30. The molecule has 1 aliphatic rings. The molecule has 0 aromatic heterocycles. The van der Waals surface area contributed by atoms with Gasteiger partial charge in [0.15, 0.2) is 0 Å². The van der Waals surface area contributed by atoms with Gasteiger partial charge in [-0.25, -0.2) is 16.8 Å². The number of nitrogens with zero attached hydrogens (tertiary/aromatic N) is 3. The molecule has 1 fully saturated rings. The summed E-state index contributed by atoms with van der Waals surface area (Å²) < 4.78 is 52.5. The van der Waals surface area contributed by atoms with E-state index in [0.717, 1.165) is 42.3 Å². The first-order valence-corrected chi connectivity index (χ1v) is 13.9. The maximum absolute atomic E-state index is 12.9. The number of nitro groups is 1. The predicted octanol–water partition coefficient (Wildman–Crippen LogP) is 2.56. The van der Waals surface area contributed by atoms with E-state index in [2.05, 4.69) is 5.32 Å². The number of nitrogens with one attached hydrogen (secondary N) is 1. The van der Waals surface area contributed by atoms with Gasteiger partial charge in [-0.2, -0.15) is 4.31 Å². The van der Waals surface area contributed by atoms with E-state index in [1.165, 1.54) is 46.8 Å². The predicted molar refractivity (Wildman–Crippen MR) is 128 cm³/mol. The van der Waals surface area contributed by atoms with Crippen LogP contribution in [-0.4, -0.2) is 57.9 Å². The molecule has 3 rings (SSSR count). The van der Waals surface area contributed by atoms with Crippen molar-refractivity contribution in [3.05, 3.63) is 58.6 Å². The van der Waals surface area contributed by atoms with E-state index in [1.54, 1.807) is 0 Å². The molecule has 2 aromatic rings. The number of hydrogen-bond acceptors (Lipinski definition) is 7. The van der Waals surface area contributed by atoms with Crippen molar-refractivity contribution in [3.8, 4) is 0 Å². The molecule has 1 saturated heterocycles. The largest absolute Gasteiger partial charge is 0.325 e. The second-order valence-corrected chi connectivity index (χ2v) is 11.8. The van der Waals surface area contributed by atoms with Crippen LogP contribution in [0.1, 0.15) is 25.7 Å². The fourth-order valence-corrected chi connectivity index (χ4v) is 6.00. The fourth-order valence-electron chi connectivity index (χ4n) is 3.63. The number of anilines is 2. The van der Waals surface area contributed by atoms with Gasteiger partial charge in [-0.3, -0.25) is 19.2 Å². The van der Waals surface area contributed by atoms with Crippen molar-refractivity contribution in [2.45, 2.75) is 30.6 Å². The number of hydrogen-bond donors (Lipinski definition) is 1. The van der Waals surface area contributed by atoms with E-state index in [0.29, 0.717) is 13.1 Å². The molecule has 2 aromatic carbocycles. The minimum Gasteiger partial charge on any atom is -0.325 e. The molecule has 0 saturated carbocycles. The van der Waals surface area contributed by atoms with Gasteiger partial charge in [-0.1, -0.05) is 18.9 Å². The van der Waals surface area contributed by atoms with Gasteiger partial charge in [0.2, 0.25) is 26.0 Å². The Morgan fingerprint density at radius 2 is 1.65 bits per heavy atom. The molecule has 1 N–H and O–H groups in total. The van der Waals surface area contributed by atoms with Crippen LogP contribution in [0, 0.1) is 10.1 Å². The smallest absolute Gasteiger partial charge is 0.271 e. The molecule has 1 amide bonds. The number of carbonyl (C=O) groups is 1. The molecule has 11 nitrogen and oxygen atoms in total. The van der Waals surface area contributed by atoms with Gasteiger partial charge < -0.3 is 5.32 Å². The van der Waals surface area contributed by atoms with Crippen LogP contribution in [0.15, 0.2) is 53.4 Å². The second kappa shape index (κ2) is 10.5. The van der Waals surface area contributed by atoms with Crippen LogP contribution in [-0.2, 0) is 24.8 Å². The van der Waals surface area contributed by atoms with Crippen molar-refractivity contribution in [2.24, 2.45) is 0 Å². The van der Waals surface area contributed by atoms with Gasteiger partial charge in [-0.05, 0) is 43.2 Å². The summed E-state index contributed by atoms with van der Waals surface area (Å²) in [5.74, 6) is -0.694. The SMILES string of the molecule is CS(=O)(=O)N(CC(=O)Nc1ccc(S(=O)(=O)N2CCCCCC2)cc1)c1cccc([N+](=O)[O-])c1. The van der Waals surface area contributed by atoms with Gasteiger partial charge in [0.05, 0.1) is 21.8 Å². The van der Waals surface area contributed by atoms with E-state index < -0.39 is 37.4 Å². The van der Waals surface area contributed by atoms with Crippen LogP contribution in [0.2, 0.25) is 0 Å². The zero-order valence-electron chi connectivity index (χ0n) is 18.6. The van der Waals surface area contributed by atoms with Crippen molar-refractivity contribution in [3.63, 3.8) is 0 Å². The van der Waals surface area contributed by atoms with E-state index in [4.69, 9.17) is 0 Å². The standard InChI is InChI=1S/C21H26N4O7S2/c1-33(29,30)24(18-7-6-8-19(15-18)25(27)28)16-21(26)22-17-9-11-20(12-10-17)34(31,32)23-13-4-2-3-5-14-23/h6-12,15H,2-5,13-14,16H2,1H3,(H,22,26). The number of carbonyl (C=O) groups excluding carboxylic acids is 1. The number of amides is 1. The molecule has 0 radical (unpaired) electrons. The molecule has 184 valence electrons. The van der Waals surface area contributed by atoms with Crippen molar-refractivity contribution < 1.29 is 26.6 Å². The Morgan fingerprint density at radius 3 is 2.21 bits per heavy atom. The molecule has 1 aliphatic heterocycles. The van der Waals surface area contributed by atoms with E-state index in [1.807, 2.05) is 0 Å². The highest BCUT2D eigenvalue weighted by Gasteiger charge is 2.26. The number of rotatable bonds is 8. The van der Waals surface area contributed by atoms with Crippen LogP contribution in [0.25, 0.3) is 0 Å². The van der Waals surface area contributed by atoms with Crippen molar-refractivity contribution in [2.75, 3.05) is 35.5 Å². The quantitative estimate of drug-likeness (QED) is 0.424.